The lowest BCUT2D eigenvalue weighted by atomic mass is 10.1. The molecule has 0 bridgehead atoms. The molecule has 108 valence electrons. The van der Waals surface area contributed by atoms with E-state index in [2.05, 4.69) is 33.6 Å². The van der Waals surface area contributed by atoms with Crippen LogP contribution in [0.3, 0.4) is 0 Å². The van der Waals surface area contributed by atoms with Gasteiger partial charge in [0, 0.05) is 23.9 Å². The highest BCUT2D eigenvalue weighted by Gasteiger charge is 2.14. The second-order valence-corrected chi connectivity index (χ2v) is 4.99. The van der Waals surface area contributed by atoms with Gasteiger partial charge in [-0.3, -0.25) is 0 Å². The van der Waals surface area contributed by atoms with Crippen LogP contribution in [0.2, 0.25) is 0 Å². The molecule has 0 saturated carbocycles. The Kier molecular flexibility index (Phi) is 4.27. The highest BCUT2D eigenvalue weighted by Crippen LogP contribution is 2.25. The maximum absolute atomic E-state index is 5.58. The molecule has 0 fully saturated rings. The van der Waals surface area contributed by atoms with E-state index in [1.54, 1.807) is 0 Å². The first-order valence-corrected chi connectivity index (χ1v) is 6.92. The minimum Gasteiger partial charge on any atom is -0.466 e. The summed E-state index contributed by atoms with van der Waals surface area (Å²) in [6.45, 7) is 10.9. The van der Waals surface area contributed by atoms with Crippen LogP contribution in [0.15, 0.2) is 16.7 Å². The standard InChI is InChI=1S/C15H22N4O/c1-6-16-15-17-8-9(2)14(19-15)18-11(4)13-7-10(3)20-12(13)5/h7-8,11H,6H2,1-5H3,(H2,16,17,18,19). The quantitative estimate of drug-likeness (QED) is 0.872. The van der Waals surface area contributed by atoms with Crippen molar-refractivity contribution in [3.8, 4) is 0 Å². The maximum atomic E-state index is 5.58. The molecular formula is C15H22N4O. The molecule has 0 spiro atoms. The third-order valence-corrected chi connectivity index (χ3v) is 3.21. The van der Waals surface area contributed by atoms with Crippen LogP contribution >= 0.6 is 0 Å². The fraction of sp³-hybridized carbons (Fsp3) is 0.467. The SMILES string of the molecule is CCNc1ncc(C)c(NC(C)c2cc(C)oc2C)n1. The molecule has 0 aliphatic carbocycles. The van der Waals surface area contributed by atoms with Crippen LogP contribution in [0.4, 0.5) is 11.8 Å². The zero-order chi connectivity index (χ0) is 14.7. The third kappa shape index (κ3) is 3.10. The predicted molar refractivity (Wildman–Crippen MR) is 81.2 cm³/mol. The van der Waals surface area contributed by atoms with Crippen LogP contribution in [0, 0.1) is 20.8 Å². The molecule has 1 unspecified atom stereocenters. The van der Waals surface area contributed by atoms with Gasteiger partial charge in [0.05, 0.1) is 6.04 Å². The Morgan fingerprint density at radius 1 is 1.30 bits per heavy atom. The Balaban J connectivity index is 2.20. The van der Waals surface area contributed by atoms with Crippen molar-refractivity contribution in [1.82, 2.24) is 9.97 Å². The van der Waals surface area contributed by atoms with Gasteiger partial charge in [-0.25, -0.2) is 4.98 Å². The van der Waals surface area contributed by atoms with E-state index in [-0.39, 0.29) is 6.04 Å². The van der Waals surface area contributed by atoms with Crippen LogP contribution < -0.4 is 10.6 Å². The van der Waals surface area contributed by atoms with Gasteiger partial charge in [0.15, 0.2) is 0 Å². The van der Waals surface area contributed by atoms with Crippen LogP contribution in [-0.4, -0.2) is 16.5 Å². The van der Waals surface area contributed by atoms with E-state index in [0.717, 1.165) is 35.0 Å². The van der Waals surface area contributed by atoms with Gasteiger partial charge in [-0.05, 0) is 40.7 Å². The second kappa shape index (κ2) is 5.94. The molecule has 5 nitrogen and oxygen atoms in total. The summed E-state index contributed by atoms with van der Waals surface area (Å²) in [6, 6.07) is 2.20. The molecule has 0 aliphatic heterocycles. The number of nitrogens with zero attached hydrogens (tertiary/aromatic N) is 2. The largest absolute Gasteiger partial charge is 0.466 e. The Hall–Kier alpha value is -2.04. The van der Waals surface area contributed by atoms with E-state index in [4.69, 9.17) is 4.42 Å². The van der Waals surface area contributed by atoms with Crippen LogP contribution in [0.25, 0.3) is 0 Å². The third-order valence-electron chi connectivity index (χ3n) is 3.21. The summed E-state index contributed by atoms with van der Waals surface area (Å²) in [5.74, 6) is 3.37. The molecule has 1 atom stereocenters. The highest BCUT2D eigenvalue weighted by atomic mass is 16.3. The predicted octanol–water partition coefficient (Wildman–Crippen LogP) is 3.60. The van der Waals surface area contributed by atoms with Gasteiger partial charge in [0.2, 0.25) is 5.95 Å². The van der Waals surface area contributed by atoms with Gasteiger partial charge < -0.3 is 15.1 Å². The van der Waals surface area contributed by atoms with E-state index in [9.17, 15) is 0 Å². The summed E-state index contributed by atoms with van der Waals surface area (Å²) in [5, 5.41) is 6.55. The normalized spacial score (nSPS) is 12.2. The first-order chi connectivity index (χ1) is 9.51. The molecule has 0 radical (unpaired) electrons. The van der Waals surface area contributed by atoms with Crippen molar-refractivity contribution in [1.29, 1.82) is 0 Å². The van der Waals surface area contributed by atoms with Gasteiger partial charge in [-0.15, -0.1) is 0 Å². The van der Waals surface area contributed by atoms with Gasteiger partial charge in [0.1, 0.15) is 17.3 Å². The molecule has 2 rings (SSSR count). The lowest BCUT2D eigenvalue weighted by Gasteiger charge is -2.16. The molecule has 0 amide bonds. The second-order valence-electron chi connectivity index (χ2n) is 4.99. The monoisotopic (exact) mass is 274 g/mol. The zero-order valence-electron chi connectivity index (χ0n) is 12.7. The van der Waals surface area contributed by atoms with Crippen LogP contribution in [-0.2, 0) is 0 Å². The minimum absolute atomic E-state index is 0.135. The van der Waals surface area contributed by atoms with E-state index < -0.39 is 0 Å². The maximum Gasteiger partial charge on any atom is 0.224 e. The number of hydrogen-bond donors (Lipinski definition) is 2. The molecule has 0 saturated heterocycles. The number of furan rings is 1. The smallest absolute Gasteiger partial charge is 0.224 e. The summed E-state index contributed by atoms with van der Waals surface area (Å²) in [4.78, 5) is 8.75. The molecule has 2 N–H and O–H groups in total. The fourth-order valence-electron chi connectivity index (χ4n) is 2.19. The molecule has 0 aromatic carbocycles. The Bertz CT molecular complexity index is 592. The van der Waals surface area contributed by atoms with Crippen molar-refractivity contribution in [2.45, 2.75) is 40.7 Å². The van der Waals surface area contributed by atoms with Crippen molar-refractivity contribution >= 4 is 11.8 Å². The summed E-state index contributed by atoms with van der Waals surface area (Å²) < 4.78 is 5.58. The number of aromatic nitrogens is 2. The summed E-state index contributed by atoms with van der Waals surface area (Å²) in [7, 11) is 0. The highest BCUT2D eigenvalue weighted by molar-refractivity contribution is 5.48. The Labute approximate surface area is 119 Å². The minimum atomic E-state index is 0.135. The lowest BCUT2D eigenvalue weighted by molar-refractivity contribution is 0.499. The Morgan fingerprint density at radius 3 is 2.65 bits per heavy atom. The van der Waals surface area contributed by atoms with E-state index >= 15 is 0 Å². The molecule has 2 aromatic heterocycles. The van der Waals surface area contributed by atoms with Gasteiger partial charge in [-0.1, -0.05) is 0 Å². The summed E-state index contributed by atoms with van der Waals surface area (Å²) >= 11 is 0. The van der Waals surface area contributed by atoms with Crippen molar-refractivity contribution < 1.29 is 4.42 Å². The topological polar surface area (TPSA) is 63.0 Å². The van der Waals surface area contributed by atoms with Crippen molar-refractivity contribution in [3.05, 3.63) is 34.9 Å². The molecule has 2 heterocycles. The molecule has 20 heavy (non-hydrogen) atoms. The lowest BCUT2D eigenvalue weighted by Crippen LogP contribution is -2.11. The zero-order valence-corrected chi connectivity index (χ0v) is 12.7. The first-order valence-electron chi connectivity index (χ1n) is 6.92. The number of anilines is 2. The Morgan fingerprint density at radius 2 is 2.05 bits per heavy atom. The number of rotatable bonds is 5. The number of nitrogens with one attached hydrogen (secondary N) is 2. The molecule has 5 heteroatoms. The van der Waals surface area contributed by atoms with E-state index in [0.29, 0.717) is 5.95 Å². The summed E-state index contributed by atoms with van der Waals surface area (Å²) in [5.41, 5.74) is 2.18. The van der Waals surface area contributed by atoms with Crippen LogP contribution in [0.1, 0.15) is 42.5 Å². The number of aryl methyl sites for hydroxylation is 3. The van der Waals surface area contributed by atoms with E-state index in [1.165, 1.54) is 0 Å². The van der Waals surface area contributed by atoms with Gasteiger partial charge in [-0.2, -0.15) is 4.98 Å². The molecule has 0 aliphatic rings. The number of hydrogen-bond acceptors (Lipinski definition) is 5. The fourth-order valence-corrected chi connectivity index (χ4v) is 2.19. The summed E-state index contributed by atoms with van der Waals surface area (Å²) in [6.07, 6.45) is 1.83. The first kappa shape index (κ1) is 14.4. The van der Waals surface area contributed by atoms with Gasteiger partial charge >= 0.3 is 0 Å². The van der Waals surface area contributed by atoms with E-state index in [1.807, 2.05) is 33.9 Å². The van der Waals surface area contributed by atoms with Crippen molar-refractivity contribution in [2.24, 2.45) is 0 Å². The average Bonchev–Trinajstić information content (AvgIpc) is 2.73. The molecular weight excluding hydrogens is 252 g/mol. The van der Waals surface area contributed by atoms with Gasteiger partial charge in [0.25, 0.3) is 0 Å². The van der Waals surface area contributed by atoms with Crippen LogP contribution in [0.5, 0.6) is 0 Å². The van der Waals surface area contributed by atoms with Crippen molar-refractivity contribution in [3.63, 3.8) is 0 Å². The van der Waals surface area contributed by atoms with Crippen molar-refractivity contribution in [2.75, 3.05) is 17.2 Å². The average molecular weight is 274 g/mol. The molecule has 2 aromatic rings.